The van der Waals surface area contributed by atoms with Gasteiger partial charge in [-0.15, -0.1) is 0 Å². The van der Waals surface area contributed by atoms with E-state index >= 15 is 0 Å². The maximum atomic E-state index is 13.8. The summed E-state index contributed by atoms with van der Waals surface area (Å²) >= 11 is 0. The number of fused-ring (bicyclic) bond motifs is 1. The molecule has 34 heavy (non-hydrogen) atoms. The van der Waals surface area contributed by atoms with Crippen molar-refractivity contribution in [1.29, 1.82) is 0 Å². The highest BCUT2D eigenvalue weighted by Crippen LogP contribution is 2.42. The van der Waals surface area contributed by atoms with Gasteiger partial charge in [0.1, 0.15) is 0 Å². The second-order valence-electron chi connectivity index (χ2n) is 9.49. The van der Waals surface area contributed by atoms with Crippen LogP contribution in [0.15, 0.2) is 66.7 Å². The Balaban J connectivity index is 1.64. The average Bonchev–Trinajstić information content (AvgIpc) is 2.83. The number of nitrogens with one attached hydrogen (secondary N) is 1. The van der Waals surface area contributed by atoms with Crippen LogP contribution in [0.2, 0.25) is 0 Å². The minimum atomic E-state index is -0.997. The van der Waals surface area contributed by atoms with Gasteiger partial charge in [0.25, 0.3) is 0 Å². The molecule has 0 bridgehead atoms. The fourth-order valence-corrected chi connectivity index (χ4v) is 4.99. The van der Waals surface area contributed by atoms with Crippen LogP contribution < -0.4 is 10.2 Å². The van der Waals surface area contributed by atoms with Crippen molar-refractivity contribution in [3.8, 4) is 0 Å². The third-order valence-corrected chi connectivity index (χ3v) is 6.86. The first-order valence-corrected chi connectivity index (χ1v) is 11.9. The number of carboxylic acids is 1. The van der Waals surface area contributed by atoms with Gasteiger partial charge in [-0.3, -0.25) is 4.79 Å². The van der Waals surface area contributed by atoms with Crippen LogP contribution in [0.1, 0.15) is 43.2 Å². The van der Waals surface area contributed by atoms with E-state index in [-0.39, 0.29) is 5.91 Å². The zero-order chi connectivity index (χ0) is 24.1. The van der Waals surface area contributed by atoms with Crippen LogP contribution in [0.25, 0.3) is 16.8 Å². The second-order valence-corrected chi connectivity index (χ2v) is 9.49. The molecule has 3 aromatic carbocycles. The SMILES string of the molecule is CN(C)c1ccc2cccc(CC3(C(=O)Nc4cccc(/C=C/C(=O)O)c4)CCCCC3)c2c1. The van der Waals surface area contributed by atoms with Crippen LogP contribution in [-0.4, -0.2) is 31.1 Å². The molecule has 4 rings (SSSR count). The molecule has 0 spiro atoms. The fraction of sp³-hybridized carbons (Fsp3) is 0.310. The van der Waals surface area contributed by atoms with Crippen molar-refractivity contribution in [1.82, 2.24) is 0 Å². The Labute approximate surface area is 201 Å². The lowest BCUT2D eigenvalue weighted by atomic mass is 9.69. The van der Waals surface area contributed by atoms with Crippen LogP contribution in [0.3, 0.4) is 0 Å². The van der Waals surface area contributed by atoms with Crippen molar-refractivity contribution in [2.45, 2.75) is 38.5 Å². The van der Waals surface area contributed by atoms with Crippen molar-refractivity contribution in [2.24, 2.45) is 5.41 Å². The van der Waals surface area contributed by atoms with Crippen LogP contribution >= 0.6 is 0 Å². The number of hydrogen-bond donors (Lipinski definition) is 2. The number of carbonyl (C=O) groups excluding carboxylic acids is 1. The Morgan fingerprint density at radius 1 is 1.00 bits per heavy atom. The van der Waals surface area contributed by atoms with E-state index in [4.69, 9.17) is 5.11 Å². The summed E-state index contributed by atoms with van der Waals surface area (Å²) < 4.78 is 0. The van der Waals surface area contributed by atoms with Crippen molar-refractivity contribution in [2.75, 3.05) is 24.3 Å². The second kappa shape index (κ2) is 10.1. The van der Waals surface area contributed by atoms with E-state index in [2.05, 4.69) is 46.6 Å². The summed E-state index contributed by atoms with van der Waals surface area (Å²) in [7, 11) is 4.08. The normalized spacial score (nSPS) is 15.4. The summed E-state index contributed by atoms with van der Waals surface area (Å²) in [4.78, 5) is 26.7. The third kappa shape index (κ3) is 5.30. The highest BCUT2D eigenvalue weighted by atomic mass is 16.4. The minimum absolute atomic E-state index is 0.0485. The Bertz CT molecular complexity index is 1220. The third-order valence-electron chi connectivity index (χ3n) is 6.86. The molecule has 0 heterocycles. The van der Waals surface area contributed by atoms with Gasteiger partial charge >= 0.3 is 5.97 Å². The molecular weight excluding hydrogens is 424 g/mol. The molecule has 3 aromatic rings. The Hall–Kier alpha value is -3.60. The standard InChI is InChI=1S/C29H32N2O3/c1-31(2)25-14-13-22-9-7-10-23(26(22)19-25)20-29(16-4-3-5-17-29)28(34)30-24-11-6-8-21(18-24)12-15-27(32)33/h6-15,18-19H,3-5,16-17,20H2,1-2H3,(H,30,34)(H,32,33)/b15-12+. The molecule has 1 aliphatic carbocycles. The van der Waals surface area contributed by atoms with Gasteiger partial charge in [-0.2, -0.15) is 0 Å². The number of benzene rings is 3. The van der Waals surface area contributed by atoms with Gasteiger partial charge < -0.3 is 15.3 Å². The molecule has 0 aromatic heterocycles. The number of amides is 1. The Kier molecular flexibility index (Phi) is 7.01. The molecule has 1 fully saturated rings. The van der Waals surface area contributed by atoms with E-state index in [1.54, 1.807) is 0 Å². The molecule has 1 amide bonds. The number of aliphatic carboxylic acids is 1. The number of nitrogens with zero attached hydrogens (tertiary/aromatic N) is 1. The van der Waals surface area contributed by atoms with Crippen LogP contribution in [0.5, 0.6) is 0 Å². The quantitative estimate of drug-likeness (QED) is 0.419. The van der Waals surface area contributed by atoms with Crippen molar-refractivity contribution >= 4 is 40.1 Å². The summed E-state index contributed by atoms with van der Waals surface area (Å²) in [6, 6.07) is 20.2. The monoisotopic (exact) mass is 456 g/mol. The van der Waals surface area contributed by atoms with E-state index in [1.165, 1.54) is 22.4 Å². The maximum Gasteiger partial charge on any atom is 0.328 e. The topological polar surface area (TPSA) is 69.6 Å². The van der Waals surface area contributed by atoms with E-state index in [0.717, 1.165) is 49.4 Å². The first-order chi connectivity index (χ1) is 16.4. The van der Waals surface area contributed by atoms with E-state index in [0.29, 0.717) is 12.1 Å². The van der Waals surface area contributed by atoms with Crippen LogP contribution in [0.4, 0.5) is 11.4 Å². The Morgan fingerprint density at radius 3 is 2.50 bits per heavy atom. The predicted octanol–water partition coefficient (Wildman–Crippen LogP) is 6.14. The van der Waals surface area contributed by atoms with Gasteiger partial charge in [-0.1, -0.05) is 55.7 Å². The highest BCUT2D eigenvalue weighted by molar-refractivity contribution is 5.97. The van der Waals surface area contributed by atoms with Gasteiger partial charge in [0, 0.05) is 31.5 Å². The molecule has 1 aliphatic rings. The number of hydrogen-bond acceptors (Lipinski definition) is 3. The van der Waals surface area contributed by atoms with Crippen molar-refractivity contribution in [3.63, 3.8) is 0 Å². The summed E-state index contributed by atoms with van der Waals surface area (Å²) in [5.41, 5.74) is 3.32. The summed E-state index contributed by atoms with van der Waals surface area (Å²) in [5.74, 6) is -0.949. The molecule has 0 atom stereocenters. The van der Waals surface area contributed by atoms with Gasteiger partial charge in [0.15, 0.2) is 0 Å². The zero-order valence-electron chi connectivity index (χ0n) is 19.9. The average molecular weight is 457 g/mol. The lowest BCUT2D eigenvalue weighted by molar-refractivity contribution is -0.131. The minimum Gasteiger partial charge on any atom is -0.478 e. The molecule has 1 saturated carbocycles. The molecule has 0 radical (unpaired) electrons. The molecule has 0 saturated heterocycles. The summed E-state index contributed by atoms with van der Waals surface area (Å²) in [5, 5.41) is 14.4. The Morgan fingerprint density at radius 2 is 1.76 bits per heavy atom. The zero-order valence-corrected chi connectivity index (χ0v) is 19.9. The molecule has 5 nitrogen and oxygen atoms in total. The van der Waals surface area contributed by atoms with Gasteiger partial charge in [0.05, 0.1) is 5.41 Å². The maximum absolute atomic E-state index is 13.8. The van der Waals surface area contributed by atoms with E-state index in [9.17, 15) is 9.59 Å². The first kappa shape index (κ1) is 23.6. The fourth-order valence-electron chi connectivity index (χ4n) is 4.99. The van der Waals surface area contributed by atoms with E-state index < -0.39 is 11.4 Å². The van der Waals surface area contributed by atoms with Crippen molar-refractivity contribution < 1.29 is 14.7 Å². The van der Waals surface area contributed by atoms with Crippen LogP contribution in [0, 0.1) is 5.41 Å². The first-order valence-electron chi connectivity index (χ1n) is 11.9. The van der Waals surface area contributed by atoms with Crippen LogP contribution in [-0.2, 0) is 16.0 Å². The predicted molar refractivity (Wildman–Crippen MR) is 139 cm³/mol. The number of carboxylic acid groups (broad SMARTS) is 1. The summed E-state index contributed by atoms with van der Waals surface area (Å²) in [6.45, 7) is 0. The molecule has 5 heteroatoms. The highest BCUT2D eigenvalue weighted by Gasteiger charge is 2.40. The number of carbonyl (C=O) groups is 2. The lowest BCUT2D eigenvalue weighted by Crippen LogP contribution is -2.40. The molecule has 176 valence electrons. The molecule has 0 aliphatic heterocycles. The number of anilines is 2. The lowest BCUT2D eigenvalue weighted by Gasteiger charge is -2.36. The van der Waals surface area contributed by atoms with Gasteiger partial charge in [-0.25, -0.2) is 4.79 Å². The molecular formula is C29H32N2O3. The number of rotatable bonds is 7. The largest absolute Gasteiger partial charge is 0.478 e. The van der Waals surface area contributed by atoms with Gasteiger partial charge in [0.2, 0.25) is 5.91 Å². The van der Waals surface area contributed by atoms with E-state index in [1.807, 2.05) is 38.4 Å². The summed E-state index contributed by atoms with van der Waals surface area (Å²) in [6.07, 6.45) is 8.31. The van der Waals surface area contributed by atoms with Crippen molar-refractivity contribution in [3.05, 3.63) is 77.9 Å². The molecule has 0 unspecified atom stereocenters. The smallest absolute Gasteiger partial charge is 0.328 e. The van der Waals surface area contributed by atoms with Gasteiger partial charge in [-0.05, 0) is 71.5 Å². The molecule has 2 N–H and O–H groups in total.